The highest BCUT2D eigenvalue weighted by atomic mass is 19.1. The maximum atomic E-state index is 13.8. The summed E-state index contributed by atoms with van der Waals surface area (Å²) in [5.41, 5.74) is 5.78. The Morgan fingerprint density at radius 1 is 0.652 bits per heavy atom. The van der Waals surface area contributed by atoms with Crippen molar-refractivity contribution in [3.63, 3.8) is 0 Å². The molecule has 0 saturated heterocycles. The standard InChI is InChI=1S/C22H17F/c1-16-3-9-19(10-4-16)20-12-6-18(7-13-20)8-14-21-11-5-17(2)15-22(21)23/h3-7,9-13,15H,1-2H3. The van der Waals surface area contributed by atoms with Crippen LogP contribution in [0.3, 0.4) is 0 Å². The van der Waals surface area contributed by atoms with E-state index < -0.39 is 0 Å². The monoisotopic (exact) mass is 300 g/mol. The van der Waals surface area contributed by atoms with E-state index >= 15 is 0 Å². The van der Waals surface area contributed by atoms with Gasteiger partial charge in [-0.05, 0) is 54.8 Å². The van der Waals surface area contributed by atoms with E-state index in [-0.39, 0.29) is 5.82 Å². The summed E-state index contributed by atoms with van der Waals surface area (Å²) in [7, 11) is 0. The number of benzene rings is 3. The van der Waals surface area contributed by atoms with Gasteiger partial charge in [0.15, 0.2) is 0 Å². The van der Waals surface area contributed by atoms with Crippen molar-refractivity contribution in [2.45, 2.75) is 13.8 Å². The number of halogens is 1. The molecule has 0 nitrogen and oxygen atoms in total. The van der Waals surface area contributed by atoms with Gasteiger partial charge in [0.1, 0.15) is 5.82 Å². The molecule has 3 aromatic carbocycles. The second kappa shape index (κ2) is 6.50. The van der Waals surface area contributed by atoms with Crippen molar-refractivity contribution in [3.05, 3.63) is 94.8 Å². The Labute approximate surface area is 136 Å². The number of aryl methyl sites for hydroxylation is 2. The summed E-state index contributed by atoms with van der Waals surface area (Å²) in [5.74, 6) is 5.65. The van der Waals surface area contributed by atoms with E-state index in [0.29, 0.717) is 5.56 Å². The lowest BCUT2D eigenvalue weighted by Gasteiger charge is -2.02. The molecule has 0 aliphatic carbocycles. The Balaban J connectivity index is 1.83. The lowest BCUT2D eigenvalue weighted by atomic mass is 10.0. The van der Waals surface area contributed by atoms with Crippen LogP contribution in [0.5, 0.6) is 0 Å². The molecule has 23 heavy (non-hydrogen) atoms. The molecule has 3 aromatic rings. The number of hydrogen-bond acceptors (Lipinski definition) is 0. The van der Waals surface area contributed by atoms with Crippen LogP contribution in [0.4, 0.5) is 4.39 Å². The molecule has 0 spiro atoms. The van der Waals surface area contributed by atoms with Crippen LogP contribution in [-0.2, 0) is 0 Å². The zero-order valence-electron chi connectivity index (χ0n) is 13.2. The molecule has 0 aliphatic rings. The predicted octanol–water partition coefficient (Wildman–Crippen LogP) is 5.51. The molecule has 112 valence electrons. The zero-order chi connectivity index (χ0) is 16.2. The highest BCUT2D eigenvalue weighted by Crippen LogP contribution is 2.20. The summed E-state index contributed by atoms with van der Waals surface area (Å²) in [6, 6.07) is 21.5. The van der Waals surface area contributed by atoms with Gasteiger partial charge >= 0.3 is 0 Å². The second-order valence-electron chi connectivity index (χ2n) is 5.68. The molecule has 0 bridgehead atoms. The Morgan fingerprint density at radius 2 is 1.22 bits per heavy atom. The first kappa shape index (κ1) is 15.1. The van der Waals surface area contributed by atoms with Crippen molar-refractivity contribution >= 4 is 0 Å². The van der Waals surface area contributed by atoms with Gasteiger partial charge in [-0.3, -0.25) is 0 Å². The van der Waals surface area contributed by atoms with Gasteiger partial charge in [0.25, 0.3) is 0 Å². The minimum atomic E-state index is -0.270. The minimum absolute atomic E-state index is 0.270. The van der Waals surface area contributed by atoms with E-state index in [1.807, 2.05) is 37.3 Å². The van der Waals surface area contributed by atoms with Crippen molar-refractivity contribution < 1.29 is 4.39 Å². The Kier molecular flexibility index (Phi) is 4.26. The normalized spacial score (nSPS) is 10.0. The third-order valence-corrected chi connectivity index (χ3v) is 3.74. The van der Waals surface area contributed by atoms with Crippen molar-refractivity contribution in [1.82, 2.24) is 0 Å². The number of hydrogen-bond donors (Lipinski definition) is 0. The van der Waals surface area contributed by atoms with Crippen LogP contribution in [0.2, 0.25) is 0 Å². The summed E-state index contributed by atoms with van der Waals surface area (Å²) in [6.45, 7) is 3.94. The molecule has 0 aromatic heterocycles. The van der Waals surface area contributed by atoms with E-state index in [1.54, 1.807) is 6.07 Å². The molecule has 0 saturated carbocycles. The van der Waals surface area contributed by atoms with E-state index in [2.05, 4.69) is 43.0 Å². The average Bonchev–Trinajstić information content (AvgIpc) is 2.55. The lowest BCUT2D eigenvalue weighted by Crippen LogP contribution is -1.85. The van der Waals surface area contributed by atoms with Crippen molar-refractivity contribution in [3.8, 4) is 23.0 Å². The maximum Gasteiger partial charge on any atom is 0.139 e. The van der Waals surface area contributed by atoms with Gasteiger partial charge < -0.3 is 0 Å². The summed E-state index contributed by atoms with van der Waals surface area (Å²) >= 11 is 0. The molecular formula is C22H17F. The van der Waals surface area contributed by atoms with E-state index in [4.69, 9.17) is 0 Å². The second-order valence-corrected chi connectivity index (χ2v) is 5.68. The largest absolute Gasteiger partial charge is 0.206 e. The van der Waals surface area contributed by atoms with Crippen LogP contribution in [0.15, 0.2) is 66.7 Å². The topological polar surface area (TPSA) is 0 Å². The molecule has 0 unspecified atom stereocenters. The van der Waals surface area contributed by atoms with Crippen molar-refractivity contribution in [1.29, 1.82) is 0 Å². The van der Waals surface area contributed by atoms with Crippen LogP contribution < -0.4 is 0 Å². The molecule has 1 heteroatoms. The zero-order valence-corrected chi connectivity index (χ0v) is 13.2. The molecule has 0 N–H and O–H groups in total. The van der Waals surface area contributed by atoms with E-state index in [0.717, 1.165) is 16.7 Å². The van der Waals surface area contributed by atoms with Gasteiger partial charge in [-0.25, -0.2) is 4.39 Å². The highest BCUT2D eigenvalue weighted by molar-refractivity contribution is 5.64. The Bertz CT molecular complexity index is 876. The van der Waals surface area contributed by atoms with Crippen LogP contribution in [-0.4, -0.2) is 0 Å². The lowest BCUT2D eigenvalue weighted by molar-refractivity contribution is 0.623. The first-order valence-corrected chi connectivity index (χ1v) is 7.57. The van der Waals surface area contributed by atoms with E-state index in [9.17, 15) is 4.39 Å². The Hall–Kier alpha value is -2.85. The fourth-order valence-electron chi connectivity index (χ4n) is 2.35. The van der Waals surface area contributed by atoms with Gasteiger partial charge in [-0.15, -0.1) is 0 Å². The Morgan fingerprint density at radius 3 is 1.83 bits per heavy atom. The van der Waals surface area contributed by atoms with Gasteiger partial charge in [-0.2, -0.15) is 0 Å². The molecule has 0 aliphatic heterocycles. The summed E-state index contributed by atoms with van der Waals surface area (Å²) < 4.78 is 13.8. The van der Waals surface area contributed by atoms with Gasteiger partial charge in [0.05, 0.1) is 5.56 Å². The first-order chi connectivity index (χ1) is 11.1. The van der Waals surface area contributed by atoms with Crippen LogP contribution in [0.1, 0.15) is 22.3 Å². The van der Waals surface area contributed by atoms with Gasteiger partial charge in [0.2, 0.25) is 0 Å². The quantitative estimate of drug-likeness (QED) is 0.520. The predicted molar refractivity (Wildman–Crippen MR) is 93.7 cm³/mol. The minimum Gasteiger partial charge on any atom is -0.206 e. The third-order valence-electron chi connectivity index (χ3n) is 3.74. The molecular weight excluding hydrogens is 283 g/mol. The molecule has 0 amide bonds. The fourth-order valence-corrected chi connectivity index (χ4v) is 2.35. The SMILES string of the molecule is Cc1ccc(-c2ccc(C#Cc3ccc(C)cc3F)cc2)cc1. The number of rotatable bonds is 1. The first-order valence-electron chi connectivity index (χ1n) is 7.57. The third kappa shape index (κ3) is 3.67. The summed E-state index contributed by atoms with van der Waals surface area (Å²) in [4.78, 5) is 0. The van der Waals surface area contributed by atoms with Gasteiger partial charge in [-0.1, -0.05) is 59.9 Å². The van der Waals surface area contributed by atoms with Gasteiger partial charge in [0, 0.05) is 5.56 Å². The molecule has 0 heterocycles. The van der Waals surface area contributed by atoms with E-state index in [1.165, 1.54) is 17.2 Å². The average molecular weight is 300 g/mol. The highest BCUT2D eigenvalue weighted by Gasteiger charge is 1.99. The molecule has 0 atom stereocenters. The van der Waals surface area contributed by atoms with Crippen LogP contribution in [0, 0.1) is 31.5 Å². The summed E-state index contributed by atoms with van der Waals surface area (Å²) in [6.07, 6.45) is 0. The molecule has 0 fully saturated rings. The van der Waals surface area contributed by atoms with Crippen molar-refractivity contribution in [2.24, 2.45) is 0 Å². The maximum absolute atomic E-state index is 13.8. The molecule has 3 rings (SSSR count). The van der Waals surface area contributed by atoms with Crippen molar-refractivity contribution in [2.75, 3.05) is 0 Å². The van der Waals surface area contributed by atoms with Crippen LogP contribution in [0.25, 0.3) is 11.1 Å². The smallest absolute Gasteiger partial charge is 0.139 e. The van der Waals surface area contributed by atoms with Crippen LogP contribution >= 0.6 is 0 Å². The molecule has 0 radical (unpaired) electrons. The fraction of sp³-hybridized carbons (Fsp3) is 0.0909. The summed E-state index contributed by atoms with van der Waals surface area (Å²) in [5, 5.41) is 0.